The molecule has 0 bridgehead atoms. The smallest absolute Gasteiger partial charge is 0.306 e. The molecule has 6 nitrogen and oxygen atoms in total. The normalized spacial score (nSPS) is 10.4. The van der Waals surface area contributed by atoms with E-state index in [2.05, 4.69) is 19.7 Å². The van der Waals surface area contributed by atoms with Crippen LogP contribution in [0.2, 0.25) is 0 Å². The summed E-state index contributed by atoms with van der Waals surface area (Å²) in [5, 5.41) is 3.16. The topological polar surface area (TPSA) is 67.9 Å². The van der Waals surface area contributed by atoms with Gasteiger partial charge < -0.3 is 19.7 Å². The monoisotopic (exact) mass is 260 g/mol. The van der Waals surface area contributed by atoms with E-state index in [1.165, 1.54) is 14.2 Å². The first-order chi connectivity index (χ1) is 8.60. The summed E-state index contributed by atoms with van der Waals surface area (Å²) < 4.78 is 9.10. The van der Waals surface area contributed by atoms with Crippen LogP contribution in [0.1, 0.15) is 19.3 Å². The Bertz CT molecular complexity index is 246. The molecule has 0 atom stereocenters. The van der Waals surface area contributed by atoms with Gasteiger partial charge in [0, 0.05) is 13.1 Å². The molecule has 0 spiro atoms. The first-order valence-electron chi connectivity index (χ1n) is 6.13. The Hall–Kier alpha value is -1.14. The minimum Gasteiger partial charge on any atom is -0.469 e. The zero-order valence-electron chi connectivity index (χ0n) is 11.5. The van der Waals surface area contributed by atoms with Crippen molar-refractivity contribution in [2.24, 2.45) is 0 Å². The van der Waals surface area contributed by atoms with Crippen LogP contribution >= 0.6 is 0 Å². The van der Waals surface area contributed by atoms with Gasteiger partial charge in [0.05, 0.1) is 27.1 Å². The maximum Gasteiger partial charge on any atom is 0.306 e. The van der Waals surface area contributed by atoms with Gasteiger partial charge in [-0.3, -0.25) is 9.59 Å². The van der Waals surface area contributed by atoms with Crippen LogP contribution in [0.3, 0.4) is 0 Å². The summed E-state index contributed by atoms with van der Waals surface area (Å²) in [5.41, 5.74) is 0. The Morgan fingerprint density at radius 1 is 1.00 bits per heavy atom. The Morgan fingerprint density at radius 2 is 1.61 bits per heavy atom. The van der Waals surface area contributed by atoms with Crippen molar-refractivity contribution in [2.45, 2.75) is 19.3 Å². The Balaban J connectivity index is 3.32. The molecule has 0 aliphatic heterocycles. The van der Waals surface area contributed by atoms with Crippen molar-refractivity contribution in [1.29, 1.82) is 0 Å². The zero-order valence-corrected chi connectivity index (χ0v) is 11.5. The molecule has 1 N–H and O–H groups in total. The molecule has 0 rings (SSSR count). The number of carbonyl (C=O) groups is 2. The lowest BCUT2D eigenvalue weighted by Crippen LogP contribution is -2.27. The summed E-state index contributed by atoms with van der Waals surface area (Å²) in [5.74, 6) is -0.379. The standard InChI is InChI=1S/C12H24N2O4/c1-14(10-6-12(16)18-3)9-4-7-13-8-5-11(15)17-2/h13H,4-10H2,1-3H3. The van der Waals surface area contributed by atoms with Crippen molar-refractivity contribution in [1.82, 2.24) is 10.2 Å². The quantitative estimate of drug-likeness (QED) is 0.441. The molecule has 0 heterocycles. The van der Waals surface area contributed by atoms with Crippen LogP contribution in [0.5, 0.6) is 0 Å². The molecular weight excluding hydrogens is 236 g/mol. The van der Waals surface area contributed by atoms with Crippen molar-refractivity contribution in [3.8, 4) is 0 Å². The molecule has 0 aromatic carbocycles. The molecule has 0 aliphatic carbocycles. The molecule has 0 unspecified atom stereocenters. The number of carbonyl (C=O) groups excluding carboxylic acids is 2. The third-order valence-corrected chi connectivity index (χ3v) is 2.55. The van der Waals surface area contributed by atoms with E-state index in [4.69, 9.17) is 0 Å². The van der Waals surface area contributed by atoms with Gasteiger partial charge in [-0.25, -0.2) is 0 Å². The lowest BCUT2D eigenvalue weighted by Gasteiger charge is -2.15. The molecule has 0 radical (unpaired) electrons. The highest BCUT2D eigenvalue weighted by Crippen LogP contribution is 1.92. The Labute approximate surface area is 109 Å². The molecular formula is C12H24N2O4. The minimum atomic E-state index is -0.197. The highest BCUT2D eigenvalue weighted by Gasteiger charge is 2.03. The summed E-state index contributed by atoms with van der Waals surface area (Å²) in [7, 11) is 4.75. The fourth-order valence-corrected chi connectivity index (χ4v) is 1.39. The van der Waals surface area contributed by atoms with Crippen LogP contribution < -0.4 is 5.32 Å². The van der Waals surface area contributed by atoms with Gasteiger partial charge >= 0.3 is 11.9 Å². The molecule has 106 valence electrons. The second-order valence-electron chi connectivity index (χ2n) is 4.06. The van der Waals surface area contributed by atoms with Gasteiger partial charge in [-0.2, -0.15) is 0 Å². The molecule has 6 heteroatoms. The van der Waals surface area contributed by atoms with E-state index in [1.807, 2.05) is 7.05 Å². The highest BCUT2D eigenvalue weighted by atomic mass is 16.5. The third kappa shape index (κ3) is 10.0. The van der Waals surface area contributed by atoms with E-state index >= 15 is 0 Å². The van der Waals surface area contributed by atoms with Crippen molar-refractivity contribution < 1.29 is 19.1 Å². The summed E-state index contributed by atoms with van der Waals surface area (Å²) >= 11 is 0. The number of nitrogens with one attached hydrogen (secondary N) is 1. The molecule has 0 fully saturated rings. The predicted octanol–water partition coefficient (Wildman–Crippen LogP) is 0.0241. The first-order valence-corrected chi connectivity index (χ1v) is 6.13. The van der Waals surface area contributed by atoms with Crippen LogP contribution in [0, 0.1) is 0 Å². The number of esters is 2. The molecule has 0 aliphatic rings. The average molecular weight is 260 g/mol. The van der Waals surface area contributed by atoms with E-state index in [1.54, 1.807) is 0 Å². The average Bonchev–Trinajstić information content (AvgIpc) is 2.39. The summed E-state index contributed by atoms with van der Waals surface area (Å²) in [4.78, 5) is 23.8. The second kappa shape index (κ2) is 11.0. The largest absolute Gasteiger partial charge is 0.469 e. The van der Waals surface area contributed by atoms with Gasteiger partial charge in [-0.15, -0.1) is 0 Å². The van der Waals surface area contributed by atoms with Gasteiger partial charge in [0.15, 0.2) is 0 Å². The van der Waals surface area contributed by atoms with Crippen molar-refractivity contribution in [3.05, 3.63) is 0 Å². The van der Waals surface area contributed by atoms with E-state index in [-0.39, 0.29) is 11.9 Å². The van der Waals surface area contributed by atoms with E-state index in [0.29, 0.717) is 25.9 Å². The number of nitrogens with zero attached hydrogens (tertiary/aromatic N) is 1. The minimum absolute atomic E-state index is 0.182. The fourth-order valence-electron chi connectivity index (χ4n) is 1.39. The number of rotatable bonds is 10. The third-order valence-electron chi connectivity index (χ3n) is 2.55. The lowest BCUT2D eigenvalue weighted by atomic mass is 10.3. The number of hydrogen-bond acceptors (Lipinski definition) is 6. The number of hydrogen-bond donors (Lipinski definition) is 1. The van der Waals surface area contributed by atoms with Crippen molar-refractivity contribution >= 4 is 11.9 Å². The lowest BCUT2D eigenvalue weighted by molar-refractivity contribution is -0.141. The van der Waals surface area contributed by atoms with Crippen molar-refractivity contribution in [2.75, 3.05) is 47.4 Å². The molecule has 0 aromatic heterocycles. The van der Waals surface area contributed by atoms with Crippen LogP contribution in [0.4, 0.5) is 0 Å². The van der Waals surface area contributed by atoms with Crippen LogP contribution in [-0.4, -0.2) is 64.3 Å². The summed E-state index contributed by atoms with van der Waals surface area (Å²) in [6, 6.07) is 0. The van der Waals surface area contributed by atoms with Crippen LogP contribution in [0.25, 0.3) is 0 Å². The van der Waals surface area contributed by atoms with Crippen LogP contribution in [-0.2, 0) is 19.1 Å². The van der Waals surface area contributed by atoms with Gasteiger partial charge in [-0.05, 0) is 26.6 Å². The van der Waals surface area contributed by atoms with E-state index < -0.39 is 0 Å². The number of ether oxygens (including phenoxy) is 2. The molecule has 0 saturated carbocycles. The molecule has 0 amide bonds. The second-order valence-corrected chi connectivity index (χ2v) is 4.06. The summed E-state index contributed by atoms with van der Waals surface area (Å²) in [6.07, 6.45) is 1.79. The maximum atomic E-state index is 10.9. The maximum absolute atomic E-state index is 10.9. The highest BCUT2D eigenvalue weighted by molar-refractivity contribution is 5.69. The van der Waals surface area contributed by atoms with Crippen LogP contribution in [0.15, 0.2) is 0 Å². The van der Waals surface area contributed by atoms with Crippen molar-refractivity contribution in [3.63, 3.8) is 0 Å². The number of methoxy groups -OCH3 is 2. The first kappa shape index (κ1) is 16.9. The van der Waals surface area contributed by atoms with Gasteiger partial charge in [0.2, 0.25) is 0 Å². The Morgan fingerprint density at radius 3 is 2.22 bits per heavy atom. The SMILES string of the molecule is COC(=O)CCNCCCN(C)CCC(=O)OC. The predicted molar refractivity (Wildman–Crippen MR) is 68.2 cm³/mol. The van der Waals surface area contributed by atoms with E-state index in [9.17, 15) is 9.59 Å². The molecule has 18 heavy (non-hydrogen) atoms. The van der Waals surface area contributed by atoms with E-state index in [0.717, 1.165) is 19.5 Å². The van der Waals surface area contributed by atoms with Gasteiger partial charge in [0.1, 0.15) is 0 Å². The fraction of sp³-hybridized carbons (Fsp3) is 0.833. The van der Waals surface area contributed by atoms with Gasteiger partial charge in [-0.1, -0.05) is 0 Å². The molecule has 0 aromatic rings. The Kier molecular flexibility index (Phi) is 10.3. The molecule has 0 saturated heterocycles. The summed E-state index contributed by atoms with van der Waals surface area (Å²) in [6.45, 7) is 3.09. The zero-order chi connectivity index (χ0) is 13.8. The van der Waals surface area contributed by atoms with Gasteiger partial charge in [0.25, 0.3) is 0 Å².